The summed E-state index contributed by atoms with van der Waals surface area (Å²) in [7, 11) is 0. The second-order valence-electron chi connectivity index (χ2n) is 3.33. The molecule has 0 unspecified atom stereocenters. The highest BCUT2D eigenvalue weighted by Crippen LogP contribution is 2.18. The quantitative estimate of drug-likeness (QED) is 0.450. The van der Waals surface area contributed by atoms with Crippen LogP contribution in [0.3, 0.4) is 0 Å². The van der Waals surface area contributed by atoms with Crippen molar-refractivity contribution in [3.05, 3.63) is 35.4 Å². The molecule has 0 bridgehead atoms. The molecule has 0 saturated heterocycles. The molecule has 0 aliphatic rings. The minimum Gasteiger partial charge on any atom is -0.222 e. The normalized spacial score (nSPS) is 10.6. The van der Waals surface area contributed by atoms with Crippen LogP contribution < -0.4 is 5.48 Å². The first-order valence-corrected chi connectivity index (χ1v) is 4.80. The third-order valence-corrected chi connectivity index (χ3v) is 2.11. The number of primary amides is 1. The van der Waals surface area contributed by atoms with E-state index in [0.717, 1.165) is 11.0 Å². The molecule has 0 atom stereocenters. The molecule has 76 valence electrons. The average Bonchev–Trinajstić information content (AvgIpc) is 2.18. The summed E-state index contributed by atoms with van der Waals surface area (Å²) in [6.07, 6.45) is 0. The van der Waals surface area contributed by atoms with Gasteiger partial charge in [0.2, 0.25) is 0 Å². The fraction of sp³-hybridized carbons (Fsp3) is 0.300. The Kier molecular flexibility index (Phi) is 4.13. The van der Waals surface area contributed by atoms with Gasteiger partial charge in [0.1, 0.15) is 0 Å². The van der Waals surface area contributed by atoms with E-state index in [0.29, 0.717) is 11.5 Å². The Bertz CT molecular complexity index is 326. The van der Waals surface area contributed by atoms with Crippen LogP contribution in [0.15, 0.2) is 24.3 Å². The van der Waals surface area contributed by atoms with Crippen LogP contribution in [-0.2, 0) is 4.28 Å². The molecule has 3 nitrogen and oxygen atoms in total. The number of amides is 1. The largest absolute Gasteiger partial charge is 0.375 e. The molecule has 0 fully saturated rings. The Labute approximate surface area is 89.0 Å². The van der Waals surface area contributed by atoms with Gasteiger partial charge < -0.3 is 0 Å². The second kappa shape index (κ2) is 5.14. The van der Waals surface area contributed by atoms with E-state index in [2.05, 4.69) is 17.2 Å². The first kappa shape index (κ1) is 11.2. The van der Waals surface area contributed by atoms with Crippen LogP contribution >= 0.6 is 12.9 Å². The van der Waals surface area contributed by atoms with Gasteiger partial charge in [0.05, 0.1) is 5.56 Å². The molecular formula is C10H14NO2S+. The zero-order valence-electron chi connectivity index (χ0n) is 8.23. The number of hydroxylamine groups is 1. The van der Waals surface area contributed by atoms with Crippen molar-refractivity contribution in [1.82, 2.24) is 0 Å². The average molecular weight is 212 g/mol. The number of thiol groups is 1. The van der Waals surface area contributed by atoms with Crippen LogP contribution in [0.1, 0.15) is 35.7 Å². The van der Waals surface area contributed by atoms with Gasteiger partial charge in [0, 0.05) is 12.9 Å². The number of benzene rings is 1. The predicted octanol–water partition coefficient (Wildman–Crippen LogP) is 1.29. The lowest BCUT2D eigenvalue weighted by atomic mass is 9.97. The highest BCUT2D eigenvalue weighted by atomic mass is 32.1. The van der Waals surface area contributed by atoms with Gasteiger partial charge in [0.25, 0.3) is 0 Å². The van der Waals surface area contributed by atoms with Gasteiger partial charge >= 0.3 is 5.91 Å². The molecule has 0 aliphatic heterocycles. The number of carbonyl (C=O) groups is 1. The number of nitrogens with two attached hydrogens (primary N) is 1. The molecule has 4 heteroatoms. The lowest BCUT2D eigenvalue weighted by Gasteiger charge is -2.08. The minimum absolute atomic E-state index is 0.149. The van der Waals surface area contributed by atoms with Gasteiger partial charge in [-0.2, -0.15) is 0 Å². The zero-order valence-corrected chi connectivity index (χ0v) is 9.12. The van der Waals surface area contributed by atoms with Crippen LogP contribution in [0.25, 0.3) is 0 Å². The third kappa shape index (κ3) is 2.57. The summed E-state index contributed by atoms with van der Waals surface area (Å²) in [5.41, 5.74) is 2.81. The topological polar surface area (TPSA) is 42.9 Å². The fourth-order valence-corrected chi connectivity index (χ4v) is 1.43. The summed E-state index contributed by atoms with van der Waals surface area (Å²) < 4.78 is 4.41. The van der Waals surface area contributed by atoms with E-state index in [1.807, 2.05) is 32.0 Å². The SMILES string of the molecule is CC(C)c1ccccc1C(=O)[NH2+]OS. The maximum Gasteiger partial charge on any atom is 0.375 e. The zero-order chi connectivity index (χ0) is 10.6. The monoisotopic (exact) mass is 212 g/mol. The minimum atomic E-state index is -0.149. The number of hydrogen-bond acceptors (Lipinski definition) is 3. The number of quaternary nitrogens is 1. The Hall–Kier alpha value is -0.840. The van der Waals surface area contributed by atoms with Crippen LogP contribution in [0.2, 0.25) is 0 Å². The van der Waals surface area contributed by atoms with E-state index in [1.54, 1.807) is 6.07 Å². The van der Waals surface area contributed by atoms with E-state index < -0.39 is 0 Å². The molecule has 0 saturated carbocycles. The molecule has 0 spiro atoms. The number of rotatable bonds is 3. The van der Waals surface area contributed by atoms with Crippen LogP contribution in [0, 0.1) is 0 Å². The number of hydrogen-bond donors (Lipinski definition) is 2. The second-order valence-corrected chi connectivity index (χ2v) is 3.54. The molecule has 1 aromatic carbocycles. The Balaban J connectivity index is 3.00. The van der Waals surface area contributed by atoms with Crippen molar-refractivity contribution >= 4 is 18.8 Å². The molecule has 1 amide bonds. The van der Waals surface area contributed by atoms with Crippen molar-refractivity contribution in [3.63, 3.8) is 0 Å². The molecule has 0 heterocycles. The van der Waals surface area contributed by atoms with E-state index in [1.165, 1.54) is 0 Å². The van der Waals surface area contributed by atoms with Crippen molar-refractivity contribution in [3.8, 4) is 0 Å². The summed E-state index contributed by atoms with van der Waals surface area (Å²) in [6.45, 7) is 4.10. The number of carbonyl (C=O) groups excluding carboxylic acids is 1. The van der Waals surface area contributed by atoms with Crippen LogP contribution in [0.4, 0.5) is 0 Å². The van der Waals surface area contributed by atoms with Gasteiger partial charge in [-0.1, -0.05) is 32.0 Å². The maximum atomic E-state index is 11.5. The smallest absolute Gasteiger partial charge is 0.222 e. The summed E-state index contributed by atoms with van der Waals surface area (Å²) in [6, 6.07) is 7.50. The highest BCUT2D eigenvalue weighted by Gasteiger charge is 2.16. The first-order valence-electron chi connectivity index (χ1n) is 4.43. The predicted molar refractivity (Wildman–Crippen MR) is 56.9 cm³/mol. The van der Waals surface area contributed by atoms with E-state index in [9.17, 15) is 4.79 Å². The van der Waals surface area contributed by atoms with Gasteiger partial charge in [-0.25, -0.2) is 4.79 Å². The van der Waals surface area contributed by atoms with E-state index in [4.69, 9.17) is 0 Å². The molecule has 1 rings (SSSR count). The standard InChI is InChI=1S/C10H13NO2S/c1-7(2)8-5-3-4-6-9(8)10(12)11-13-14/h3-7,14H,1-2H3,(H,11,12)/p+1. The van der Waals surface area contributed by atoms with Crippen molar-refractivity contribution in [1.29, 1.82) is 0 Å². The van der Waals surface area contributed by atoms with E-state index in [-0.39, 0.29) is 5.91 Å². The Morgan fingerprint density at radius 3 is 2.64 bits per heavy atom. The highest BCUT2D eigenvalue weighted by molar-refractivity contribution is 7.74. The molecular weight excluding hydrogens is 198 g/mol. The Morgan fingerprint density at radius 2 is 2.07 bits per heavy atom. The van der Waals surface area contributed by atoms with Gasteiger partial charge in [0.15, 0.2) is 0 Å². The third-order valence-electron chi connectivity index (χ3n) is 2.01. The molecule has 0 aromatic heterocycles. The van der Waals surface area contributed by atoms with Crippen molar-refractivity contribution in [2.24, 2.45) is 0 Å². The fourth-order valence-electron chi connectivity index (χ4n) is 1.34. The lowest BCUT2D eigenvalue weighted by molar-refractivity contribution is -0.774. The Morgan fingerprint density at radius 1 is 1.43 bits per heavy atom. The van der Waals surface area contributed by atoms with E-state index >= 15 is 0 Å². The van der Waals surface area contributed by atoms with Crippen molar-refractivity contribution in [2.75, 3.05) is 0 Å². The summed E-state index contributed by atoms with van der Waals surface area (Å²) in [4.78, 5) is 11.5. The summed E-state index contributed by atoms with van der Waals surface area (Å²) >= 11 is 3.52. The molecule has 0 aliphatic carbocycles. The van der Waals surface area contributed by atoms with Crippen LogP contribution in [0.5, 0.6) is 0 Å². The van der Waals surface area contributed by atoms with Crippen molar-refractivity contribution in [2.45, 2.75) is 19.8 Å². The maximum absolute atomic E-state index is 11.5. The van der Waals surface area contributed by atoms with Crippen molar-refractivity contribution < 1.29 is 14.6 Å². The molecule has 14 heavy (non-hydrogen) atoms. The first-order chi connectivity index (χ1) is 6.66. The molecule has 2 N–H and O–H groups in total. The lowest BCUT2D eigenvalue weighted by Crippen LogP contribution is -2.85. The van der Waals surface area contributed by atoms with Gasteiger partial charge in [-0.05, 0) is 17.5 Å². The van der Waals surface area contributed by atoms with Gasteiger partial charge in [-0.3, -0.25) is 0 Å². The summed E-state index contributed by atoms with van der Waals surface area (Å²) in [5, 5.41) is 0. The van der Waals surface area contributed by atoms with Crippen LogP contribution in [-0.4, -0.2) is 5.91 Å². The molecule has 1 aromatic rings. The summed E-state index contributed by atoms with van der Waals surface area (Å²) in [5.74, 6) is 0.174. The molecule has 0 radical (unpaired) electrons. The van der Waals surface area contributed by atoms with Gasteiger partial charge in [-0.15, -0.1) is 9.76 Å².